The second-order valence-corrected chi connectivity index (χ2v) is 4.88. The molecule has 0 aromatic heterocycles. The lowest BCUT2D eigenvalue weighted by Crippen LogP contribution is -2.15. The number of carbonyl (C=O) groups is 1. The molecule has 2 N–H and O–H groups in total. The summed E-state index contributed by atoms with van der Waals surface area (Å²) in [6.45, 7) is 1.92. The van der Waals surface area contributed by atoms with Gasteiger partial charge in [-0.1, -0.05) is 6.92 Å². The van der Waals surface area contributed by atoms with Crippen molar-refractivity contribution in [2.45, 2.75) is 18.2 Å². The SMILES string of the molecule is CCCOC(=O)c1cc(S(N)(=O)=O)ccc1F. The number of ether oxygens (including phenoxy) is 1. The van der Waals surface area contributed by atoms with Gasteiger partial charge in [0.05, 0.1) is 17.1 Å². The van der Waals surface area contributed by atoms with Gasteiger partial charge in [0.15, 0.2) is 0 Å². The van der Waals surface area contributed by atoms with Crippen LogP contribution in [-0.2, 0) is 14.8 Å². The third-order valence-corrected chi connectivity index (χ3v) is 2.83. The molecule has 5 nitrogen and oxygen atoms in total. The maximum atomic E-state index is 13.3. The van der Waals surface area contributed by atoms with E-state index in [0.717, 1.165) is 18.2 Å². The Bertz CT molecular complexity index is 527. The van der Waals surface area contributed by atoms with Crippen molar-refractivity contribution in [2.75, 3.05) is 6.61 Å². The fourth-order valence-electron chi connectivity index (χ4n) is 1.11. The molecule has 1 aromatic rings. The van der Waals surface area contributed by atoms with E-state index in [-0.39, 0.29) is 11.5 Å². The first-order valence-electron chi connectivity index (χ1n) is 4.85. The van der Waals surface area contributed by atoms with Gasteiger partial charge in [-0.15, -0.1) is 0 Å². The van der Waals surface area contributed by atoms with E-state index in [4.69, 9.17) is 9.88 Å². The van der Waals surface area contributed by atoms with Crippen molar-refractivity contribution in [2.24, 2.45) is 5.14 Å². The average molecular weight is 261 g/mol. The number of carbonyl (C=O) groups excluding carboxylic acids is 1. The number of benzene rings is 1. The molecule has 0 aliphatic carbocycles. The van der Waals surface area contributed by atoms with E-state index in [1.54, 1.807) is 6.92 Å². The van der Waals surface area contributed by atoms with E-state index in [9.17, 15) is 17.6 Å². The second-order valence-electron chi connectivity index (χ2n) is 3.32. The van der Waals surface area contributed by atoms with Gasteiger partial charge in [-0.3, -0.25) is 0 Å². The number of nitrogens with two attached hydrogens (primary N) is 1. The lowest BCUT2D eigenvalue weighted by Gasteiger charge is -2.05. The van der Waals surface area contributed by atoms with Crippen LogP contribution >= 0.6 is 0 Å². The summed E-state index contributed by atoms with van der Waals surface area (Å²) in [5.41, 5.74) is -0.440. The second kappa shape index (κ2) is 5.24. The minimum atomic E-state index is -3.97. The maximum Gasteiger partial charge on any atom is 0.341 e. The molecule has 0 bridgehead atoms. The van der Waals surface area contributed by atoms with Crippen molar-refractivity contribution in [1.82, 2.24) is 0 Å². The van der Waals surface area contributed by atoms with Crippen LogP contribution in [0.4, 0.5) is 4.39 Å². The molecule has 94 valence electrons. The Morgan fingerprint density at radius 3 is 2.65 bits per heavy atom. The maximum absolute atomic E-state index is 13.3. The summed E-state index contributed by atoms with van der Waals surface area (Å²) in [6, 6.07) is 2.71. The first-order valence-corrected chi connectivity index (χ1v) is 6.40. The van der Waals surface area contributed by atoms with Crippen molar-refractivity contribution in [3.63, 3.8) is 0 Å². The molecular weight excluding hydrogens is 249 g/mol. The van der Waals surface area contributed by atoms with E-state index < -0.39 is 27.4 Å². The van der Waals surface area contributed by atoms with Gasteiger partial charge in [0.1, 0.15) is 5.82 Å². The van der Waals surface area contributed by atoms with Gasteiger partial charge in [-0.25, -0.2) is 22.7 Å². The molecule has 7 heteroatoms. The minimum absolute atomic E-state index is 0.137. The minimum Gasteiger partial charge on any atom is -0.462 e. The van der Waals surface area contributed by atoms with Crippen LogP contribution in [0.15, 0.2) is 23.1 Å². The molecule has 0 spiro atoms. The molecule has 17 heavy (non-hydrogen) atoms. The third kappa shape index (κ3) is 3.50. The van der Waals surface area contributed by atoms with Crippen LogP contribution in [0.2, 0.25) is 0 Å². The van der Waals surface area contributed by atoms with Gasteiger partial charge < -0.3 is 4.74 Å². The Balaban J connectivity index is 3.11. The van der Waals surface area contributed by atoms with Crippen LogP contribution in [0.5, 0.6) is 0 Å². The highest BCUT2D eigenvalue weighted by atomic mass is 32.2. The van der Waals surface area contributed by atoms with Gasteiger partial charge in [-0.2, -0.15) is 0 Å². The van der Waals surface area contributed by atoms with Crippen molar-refractivity contribution in [3.05, 3.63) is 29.6 Å². The topological polar surface area (TPSA) is 86.5 Å². The standard InChI is InChI=1S/C10H12FNO4S/c1-2-5-16-10(13)8-6-7(17(12,14)15)3-4-9(8)11/h3-4,6H,2,5H2,1H3,(H2,12,14,15). The molecule has 0 saturated carbocycles. The molecule has 0 fully saturated rings. The van der Waals surface area contributed by atoms with Crippen LogP contribution in [0, 0.1) is 5.82 Å². The summed E-state index contributed by atoms with van der Waals surface area (Å²) >= 11 is 0. The number of sulfonamides is 1. The van der Waals surface area contributed by atoms with E-state index in [1.165, 1.54) is 0 Å². The van der Waals surface area contributed by atoms with Gasteiger partial charge in [0, 0.05) is 0 Å². The zero-order chi connectivity index (χ0) is 13.1. The van der Waals surface area contributed by atoms with Crippen molar-refractivity contribution >= 4 is 16.0 Å². The summed E-state index contributed by atoms with van der Waals surface area (Å²) in [4.78, 5) is 11.1. The number of hydrogen-bond acceptors (Lipinski definition) is 4. The molecule has 0 saturated heterocycles. The highest BCUT2D eigenvalue weighted by Gasteiger charge is 2.17. The van der Waals surface area contributed by atoms with E-state index in [0.29, 0.717) is 6.42 Å². The fourth-order valence-corrected chi connectivity index (χ4v) is 1.65. The largest absolute Gasteiger partial charge is 0.462 e. The molecule has 1 aromatic carbocycles. The van der Waals surface area contributed by atoms with Crippen LogP contribution in [-0.4, -0.2) is 21.0 Å². The zero-order valence-electron chi connectivity index (χ0n) is 9.14. The molecule has 0 radical (unpaired) electrons. The predicted molar refractivity (Wildman–Crippen MR) is 58.3 cm³/mol. The number of esters is 1. The smallest absolute Gasteiger partial charge is 0.341 e. The zero-order valence-corrected chi connectivity index (χ0v) is 9.96. The van der Waals surface area contributed by atoms with Crippen molar-refractivity contribution in [1.29, 1.82) is 0 Å². The molecule has 0 unspecified atom stereocenters. The average Bonchev–Trinajstić information content (AvgIpc) is 2.24. The molecular formula is C10H12FNO4S. The van der Waals surface area contributed by atoms with Crippen LogP contribution < -0.4 is 5.14 Å². The fraction of sp³-hybridized carbons (Fsp3) is 0.300. The molecule has 0 aliphatic heterocycles. The Morgan fingerprint density at radius 1 is 1.47 bits per heavy atom. The summed E-state index contributed by atoms with van der Waals surface area (Å²) in [6.07, 6.45) is 0.586. The Hall–Kier alpha value is -1.47. The van der Waals surface area contributed by atoms with Crippen LogP contribution in [0.1, 0.15) is 23.7 Å². The summed E-state index contributed by atoms with van der Waals surface area (Å²) in [7, 11) is -3.97. The van der Waals surface area contributed by atoms with Gasteiger partial charge >= 0.3 is 5.97 Å². The predicted octanol–water partition coefficient (Wildman–Crippen LogP) is 1.04. The van der Waals surface area contributed by atoms with Gasteiger partial charge in [0.2, 0.25) is 10.0 Å². The van der Waals surface area contributed by atoms with Crippen molar-refractivity contribution < 1.29 is 22.3 Å². The van der Waals surface area contributed by atoms with E-state index in [2.05, 4.69) is 0 Å². The quantitative estimate of drug-likeness (QED) is 0.820. The normalized spacial score (nSPS) is 11.2. The number of primary sulfonamides is 1. The molecule has 0 heterocycles. The number of hydrogen-bond donors (Lipinski definition) is 1. The van der Waals surface area contributed by atoms with Gasteiger partial charge in [-0.05, 0) is 24.6 Å². The van der Waals surface area contributed by atoms with E-state index in [1.807, 2.05) is 0 Å². The Kier molecular flexibility index (Phi) is 4.19. The van der Waals surface area contributed by atoms with E-state index >= 15 is 0 Å². The first-order chi connectivity index (χ1) is 7.86. The lowest BCUT2D eigenvalue weighted by molar-refractivity contribution is 0.0499. The van der Waals surface area contributed by atoms with Crippen molar-refractivity contribution in [3.8, 4) is 0 Å². The first kappa shape index (κ1) is 13.6. The van der Waals surface area contributed by atoms with Gasteiger partial charge in [0.25, 0.3) is 0 Å². The Morgan fingerprint density at radius 2 is 2.12 bits per heavy atom. The molecule has 0 aliphatic rings. The summed E-state index contributed by atoms with van der Waals surface area (Å²) in [5.74, 6) is -1.76. The Labute approximate surface area is 98.4 Å². The summed E-state index contributed by atoms with van der Waals surface area (Å²) < 4.78 is 40.1. The molecule has 1 rings (SSSR count). The summed E-state index contributed by atoms with van der Waals surface area (Å²) in [5, 5.41) is 4.87. The number of rotatable bonds is 4. The van der Waals surface area contributed by atoms with Crippen LogP contribution in [0.3, 0.4) is 0 Å². The molecule has 0 atom stereocenters. The highest BCUT2D eigenvalue weighted by molar-refractivity contribution is 7.89. The number of halogens is 1. The molecule has 0 amide bonds. The van der Waals surface area contributed by atoms with Crippen LogP contribution in [0.25, 0.3) is 0 Å². The highest BCUT2D eigenvalue weighted by Crippen LogP contribution is 2.15. The monoisotopic (exact) mass is 261 g/mol. The third-order valence-electron chi connectivity index (χ3n) is 1.92. The lowest BCUT2D eigenvalue weighted by atomic mass is 10.2.